The Kier molecular flexibility index (Phi) is 6.37. The molecule has 4 rings (SSSR count). The third-order valence-corrected chi connectivity index (χ3v) is 6.01. The van der Waals surface area contributed by atoms with Gasteiger partial charge in [-0.3, -0.25) is 4.79 Å². The molecule has 162 valence electrons. The number of benzene rings is 2. The molecule has 0 spiro atoms. The number of aryl methyl sites for hydroxylation is 1. The first kappa shape index (κ1) is 21.1. The molecule has 0 radical (unpaired) electrons. The van der Waals surface area contributed by atoms with Gasteiger partial charge in [-0.2, -0.15) is 5.10 Å². The molecule has 1 amide bonds. The van der Waals surface area contributed by atoms with Gasteiger partial charge in [0.1, 0.15) is 6.54 Å². The molecule has 6 nitrogen and oxygen atoms in total. The summed E-state index contributed by atoms with van der Waals surface area (Å²) in [5.41, 5.74) is 6.48. The Bertz CT molecular complexity index is 1020. The second kappa shape index (κ2) is 9.35. The number of quaternary nitrogens is 1. The van der Waals surface area contributed by atoms with E-state index in [0.29, 0.717) is 6.54 Å². The SMILES string of the molecule is Cc1nn(-c2ccccc2)c(C)c1C[NH+](C)CC(=O)Nc1ccc(N2CCCC2)cc1. The van der Waals surface area contributed by atoms with Crippen LogP contribution in [-0.4, -0.2) is 42.4 Å². The monoisotopic (exact) mass is 418 g/mol. The fourth-order valence-corrected chi connectivity index (χ4v) is 4.33. The molecular weight excluding hydrogens is 386 g/mol. The third-order valence-electron chi connectivity index (χ3n) is 6.01. The lowest BCUT2D eigenvalue weighted by molar-refractivity contribution is -0.885. The number of likely N-dealkylation sites (N-methyl/N-ethyl adjacent to an activating group) is 1. The van der Waals surface area contributed by atoms with Crippen molar-refractivity contribution in [2.75, 3.05) is 36.9 Å². The lowest BCUT2D eigenvalue weighted by Gasteiger charge is -2.18. The number of aromatic nitrogens is 2. The first-order chi connectivity index (χ1) is 15.0. The minimum atomic E-state index is 0.0252. The fraction of sp³-hybridized carbons (Fsp3) is 0.360. The van der Waals surface area contributed by atoms with Crippen LogP contribution < -0.4 is 15.1 Å². The van der Waals surface area contributed by atoms with Crippen LogP contribution in [0.3, 0.4) is 0 Å². The highest BCUT2D eigenvalue weighted by Crippen LogP contribution is 2.22. The molecule has 2 aromatic carbocycles. The second-order valence-corrected chi connectivity index (χ2v) is 8.50. The van der Waals surface area contributed by atoms with Crippen molar-refractivity contribution in [3.05, 3.63) is 71.5 Å². The maximum atomic E-state index is 12.6. The number of hydrogen-bond donors (Lipinski definition) is 2. The Hall–Kier alpha value is -3.12. The van der Waals surface area contributed by atoms with E-state index in [4.69, 9.17) is 5.10 Å². The van der Waals surface area contributed by atoms with Crippen molar-refractivity contribution < 1.29 is 9.69 Å². The predicted octanol–water partition coefficient (Wildman–Crippen LogP) is 2.74. The summed E-state index contributed by atoms with van der Waals surface area (Å²) in [5, 5.41) is 7.76. The van der Waals surface area contributed by atoms with E-state index in [9.17, 15) is 4.79 Å². The van der Waals surface area contributed by atoms with Crippen molar-refractivity contribution >= 4 is 17.3 Å². The molecule has 31 heavy (non-hydrogen) atoms. The van der Waals surface area contributed by atoms with Crippen LogP contribution >= 0.6 is 0 Å². The van der Waals surface area contributed by atoms with E-state index in [1.54, 1.807) is 0 Å². The molecule has 1 fully saturated rings. The lowest BCUT2D eigenvalue weighted by Crippen LogP contribution is -3.08. The Morgan fingerprint density at radius 1 is 1.00 bits per heavy atom. The normalized spacial score (nSPS) is 14.6. The highest BCUT2D eigenvalue weighted by Gasteiger charge is 2.18. The average molecular weight is 419 g/mol. The van der Waals surface area contributed by atoms with Gasteiger partial charge >= 0.3 is 0 Å². The number of hydrogen-bond acceptors (Lipinski definition) is 3. The van der Waals surface area contributed by atoms with E-state index >= 15 is 0 Å². The number of amides is 1. The zero-order valence-electron chi connectivity index (χ0n) is 18.7. The van der Waals surface area contributed by atoms with Gasteiger partial charge in [0.25, 0.3) is 5.91 Å². The molecule has 3 aromatic rings. The van der Waals surface area contributed by atoms with Crippen molar-refractivity contribution in [3.8, 4) is 5.69 Å². The number of nitrogens with one attached hydrogen (secondary N) is 2. The molecule has 0 aliphatic carbocycles. The summed E-state index contributed by atoms with van der Waals surface area (Å²) in [6.07, 6.45) is 2.52. The van der Waals surface area contributed by atoms with Gasteiger partial charge < -0.3 is 15.1 Å². The van der Waals surface area contributed by atoms with Gasteiger partial charge in [-0.15, -0.1) is 0 Å². The number of para-hydroxylation sites is 1. The van der Waals surface area contributed by atoms with Gasteiger partial charge in [0, 0.05) is 24.5 Å². The quantitative estimate of drug-likeness (QED) is 0.620. The van der Waals surface area contributed by atoms with Crippen LogP contribution in [0, 0.1) is 13.8 Å². The maximum Gasteiger partial charge on any atom is 0.279 e. The average Bonchev–Trinajstić information content (AvgIpc) is 3.39. The summed E-state index contributed by atoms with van der Waals surface area (Å²) >= 11 is 0. The summed E-state index contributed by atoms with van der Waals surface area (Å²) in [4.78, 5) is 16.1. The van der Waals surface area contributed by atoms with Crippen LogP contribution in [0.1, 0.15) is 29.8 Å². The number of rotatable bonds is 7. The molecule has 1 aliphatic heterocycles. The van der Waals surface area contributed by atoms with Crippen molar-refractivity contribution in [1.29, 1.82) is 0 Å². The van der Waals surface area contributed by atoms with Crippen LogP contribution in [0.5, 0.6) is 0 Å². The molecule has 1 atom stereocenters. The summed E-state index contributed by atoms with van der Waals surface area (Å²) in [5.74, 6) is 0.0252. The minimum absolute atomic E-state index is 0.0252. The topological polar surface area (TPSA) is 54.6 Å². The molecule has 1 aromatic heterocycles. The molecule has 0 saturated carbocycles. The van der Waals surface area contributed by atoms with Crippen LogP contribution in [0.4, 0.5) is 11.4 Å². The number of carbonyl (C=O) groups excluding carboxylic acids is 1. The Balaban J connectivity index is 1.35. The summed E-state index contributed by atoms with van der Waals surface area (Å²) in [6.45, 7) is 7.54. The van der Waals surface area contributed by atoms with Crippen LogP contribution in [0.15, 0.2) is 54.6 Å². The Labute approximate surface area is 184 Å². The van der Waals surface area contributed by atoms with Gasteiger partial charge in [-0.05, 0) is 63.1 Å². The molecule has 2 N–H and O–H groups in total. The summed E-state index contributed by atoms with van der Waals surface area (Å²) in [7, 11) is 2.05. The summed E-state index contributed by atoms with van der Waals surface area (Å²) in [6, 6.07) is 18.4. The van der Waals surface area contributed by atoms with E-state index in [-0.39, 0.29) is 5.91 Å². The zero-order valence-corrected chi connectivity index (χ0v) is 18.7. The molecule has 2 heterocycles. The first-order valence-corrected chi connectivity index (χ1v) is 11.1. The molecule has 1 unspecified atom stereocenters. The number of carbonyl (C=O) groups is 1. The largest absolute Gasteiger partial charge is 0.372 e. The van der Waals surface area contributed by atoms with Gasteiger partial charge in [0.05, 0.1) is 29.7 Å². The van der Waals surface area contributed by atoms with E-state index < -0.39 is 0 Å². The highest BCUT2D eigenvalue weighted by molar-refractivity contribution is 5.91. The third kappa shape index (κ3) is 4.97. The highest BCUT2D eigenvalue weighted by atomic mass is 16.2. The van der Waals surface area contributed by atoms with Gasteiger partial charge in [-0.1, -0.05) is 18.2 Å². The Morgan fingerprint density at radius 2 is 1.68 bits per heavy atom. The van der Waals surface area contributed by atoms with Gasteiger partial charge in [-0.25, -0.2) is 4.68 Å². The molecular formula is C25H32N5O+. The van der Waals surface area contributed by atoms with E-state index in [1.807, 2.05) is 41.9 Å². The number of anilines is 2. The predicted molar refractivity (Wildman–Crippen MR) is 125 cm³/mol. The van der Waals surface area contributed by atoms with E-state index in [2.05, 4.69) is 48.5 Å². The molecule has 1 aliphatic rings. The van der Waals surface area contributed by atoms with Crippen LogP contribution in [0.25, 0.3) is 5.69 Å². The first-order valence-electron chi connectivity index (χ1n) is 11.1. The van der Waals surface area contributed by atoms with Crippen LogP contribution in [0.2, 0.25) is 0 Å². The van der Waals surface area contributed by atoms with Crippen LogP contribution in [-0.2, 0) is 11.3 Å². The lowest BCUT2D eigenvalue weighted by atomic mass is 10.2. The van der Waals surface area contributed by atoms with Crippen molar-refractivity contribution in [1.82, 2.24) is 9.78 Å². The van der Waals surface area contributed by atoms with Gasteiger partial charge in [0.15, 0.2) is 6.54 Å². The summed E-state index contributed by atoms with van der Waals surface area (Å²) < 4.78 is 1.99. The number of nitrogens with zero attached hydrogens (tertiary/aromatic N) is 3. The van der Waals surface area contributed by atoms with E-state index in [0.717, 1.165) is 47.3 Å². The molecule has 1 saturated heterocycles. The maximum absolute atomic E-state index is 12.6. The minimum Gasteiger partial charge on any atom is -0.372 e. The van der Waals surface area contributed by atoms with Gasteiger partial charge in [0.2, 0.25) is 0 Å². The van der Waals surface area contributed by atoms with E-state index in [1.165, 1.54) is 24.1 Å². The molecule has 0 bridgehead atoms. The van der Waals surface area contributed by atoms with Crippen molar-refractivity contribution in [2.45, 2.75) is 33.2 Å². The molecule has 6 heteroatoms. The standard InChI is InChI=1S/C25H31N5O/c1-19-24(20(2)30(27-19)23-9-5-4-6-10-23)17-28(3)18-25(31)26-21-11-13-22(14-12-21)29-15-7-8-16-29/h4-6,9-14H,7-8,15-18H2,1-3H3,(H,26,31)/p+1. The second-order valence-electron chi connectivity index (χ2n) is 8.50. The van der Waals surface area contributed by atoms with Crippen molar-refractivity contribution in [2.24, 2.45) is 0 Å². The van der Waals surface area contributed by atoms with Crippen molar-refractivity contribution in [3.63, 3.8) is 0 Å². The fourth-order valence-electron chi connectivity index (χ4n) is 4.33. The smallest absolute Gasteiger partial charge is 0.279 e. The zero-order chi connectivity index (χ0) is 21.8. The Morgan fingerprint density at radius 3 is 2.35 bits per heavy atom.